The van der Waals surface area contributed by atoms with Gasteiger partial charge in [-0.2, -0.15) is 0 Å². The molecule has 0 aliphatic carbocycles. The Morgan fingerprint density at radius 1 is 1.54 bits per heavy atom. The number of aryl methyl sites for hydroxylation is 1. The first-order valence-corrected chi connectivity index (χ1v) is 4.68. The third-order valence-corrected chi connectivity index (χ3v) is 2.16. The number of rotatable bonds is 4. The molecular formula is C11H14ClN. The Bertz CT molecular complexity index is 294. The molecule has 0 saturated carbocycles. The number of hydrogen-bond acceptors (Lipinski definition) is 1. The Morgan fingerprint density at radius 2 is 2.31 bits per heavy atom. The van der Waals surface area contributed by atoms with Crippen molar-refractivity contribution < 1.29 is 0 Å². The van der Waals surface area contributed by atoms with Gasteiger partial charge in [0, 0.05) is 18.1 Å². The summed E-state index contributed by atoms with van der Waals surface area (Å²) in [5, 5.41) is 4.04. The van der Waals surface area contributed by atoms with E-state index >= 15 is 0 Å². The number of hydrogen-bond donors (Lipinski definition) is 1. The summed E-state index contributed by atoms with van der Waals surface area (Å²) in [5.74, 6) is 0. The van der Waals surface area contributed by atoms with Crippen LogP contribution in [0.4, 0.5) is 0 Å². The summed E-state index contributed by atoms with van der Waals surface area (Å²) in [6.07, 6.45) is 1.84. The van der Waals surface area contributed by atoms with Crippen LogP contribution in [0, 0.1) is 6.92 Å². The van der Waals surface area contributed by atoms with E-state index in [1.807, 2.05) is 25.1 Å². The van der Waals surface area contributed by atoms with Crippen LogP contribution in [0.15, 0.2) is 30.9 Å². The van der Waals surface area contributed by atoms with E-state index in [0.29, 0.717) is 0 Å². The van der Waals surface area contributed by atoms with Crippen LogP contribution in [-0.4, -0.2) is 6.54 Å². The first-order valence-electron chi connectivity index (χ1n) is 4.30. The van der Waals surface area contributed by atoms with Crippen LogP contribution in [0.1, 0.15) is 11.1 Å². The van der Waals surface area contributed by atoms with Crippen LogP contribution in [0.25, 0.3) is 0 Å². The van der Waals surface area contributed by atoms with Gasteiger partial charge < -0.3 is 5.32 Å². The zero-order valence-electron chi connectivity index (χ0n) is 7.81. The van der Waals surface area contributed by atoms with Crippen LogP contribution in [-0.2, 0) is 6.54 Å². The lowest BCUT2D eigenvalue weighted by Gasteiger charge is -2.05. The van der Waals surface area contributed by atoms with Gasteiger partial charge in [-0.15, -0.1) is 6.58 Å². The number of halogens is 1. The zero-order valence-corrected chi connectivity index (χ0v) is 8.56. The van der Waals surface area contributed by atoms with Crippen molar-refractivity contribution in [2.45, 2.75) is 13.5 Å². The Morgan fingerprint density at radius 3 is 2.92 bits per heavy atom. The minimum atomic E-state index is 0.797. The average molecular weight is 196 g/mol. The maximum absolute atomic E-state index is 6.04. The van der Waals surface area contributed by atoms with Crippen LogP contribution in [0.3, 0.4) is 0 Å². The molecule has 1 N–H and O–H groups in total. The summed E-state index contributed by atoms with van der Waals surface area (Å²) < 4.78 is 0. The second-order valence-electron chi connectivity index (χ2n) is 3.01. The fourth-order valence-electron chi connectivity index (χ4n) is 1.10. The van der Waals surface area contributed by atoms with E-state index in [9.17, 15) is 0 Å². The van der Waals surface area contributed by atoms with E-state index in [-0.39, 0.29) is 0 Å². The van der Waals surface area contributed by atoms with E-state index in [1.165, 1.54) is 5.56 Å². The minimum absolute atomic E-state index is 0.797. The van der Waals surface area contributed by atoms with E-state index in [0.717, 1.165) is 23.7 Å². The lowest BCUT2D eigenvalue weighted by Crippen LogP contribution is -2.12. The smallest absolute Gasteiger partial charge is 0.0453 e. The molecule has 0 amide bonds. The molecule has 0 radical (unpaired) electrons. The highest BCUT2D eigenvalue weighted by Crippen LogP contribution is 2.16. The Labute approximate surface area is 84.4 Å². The molecule has 1 nitrogen and oxygen atoms in total. The van der Waals surface area contributed by atoms with Gasteiger partial charge in [0.05, 0.1) is 0 Å². The first kappa shape index (κ1) is 10.3. The topological polar surface area (TPSA) is 12.0 Å². The van der Waals surface area contributed by atoms with Gasteiger partial charge in [-0.3, -0.25) is 0 Å². The van der Waals surface area contributed by atoms with Gasteiger partial charge in [0.1, 0.15) is 0 Å². The fourth-order valence-corrected chi connectivity index (χ4v) is 1.41. The lowest BCUT2D eigenvalue weighted by atomic mass is 10.1. The molecular weight excluding hydrogens is 182 g/mol. The second kappa shape index (κ2) is 5.05. The quantitative estimate of drug-likeness (QED) is 0.576. The molecule has 0 saturated heterocycles. The highest BCUT2D eigenvalue weighted by atomic mass is 35.5. The van der Waals surface area contributed by atoms with Gasteiger partial charge in [0.15, 0.2) is 0 Å². The van der Waals surface area contributed by atoms with Gasteiger partial charge in [0.25, 0.3) is 0 Å². The van der Waals surface area contributed by atoms with Crippen LogP contribution in [0.2, 0.25) is 5.02 Å². The number of benzene rings is 1. The average Bonchev–Trinajstić information content (AvgIpc) is 2.09. The highest BCUT2D eigenvalue weighted by molar-refractivity contribution is 6.31. The molecule has 70 valence electrons. The molecule has 0 aromatic heterocycles. The van der Waals surface area contributed by atoms with Crippen LogP contribution < -0.4 is 5.32 Å². The Kier molecular flexibility index (Phi) is 4.00. The van der Waals surface area contributed by atoms with Gasteiger partial charge in [0.2, 0.25) is 0 Å². The van der Waals surface area contributed by atoms with E-state index < -0.39 is 0 Å². The molecule has 2 heteroatoms. The summed E-state index contributed by atoms with van der Waals surface area (Å²) in [5.41, 5.74) is 2.33. The van der Waals surface area contributed by atoms with Crippen molar-refractivity contribution in [3.05, 3.63) is 47.0 Å². The summed E-state index contributed by atoms with van der Waals surface area (Å²) >= 11 is 6.04. The largest absolute Gasteiger partial charge is 0.309 e. The van der Waals surface area contributed by atoms with Crippen molar-refractivity contribution in [1.82, 2.24) is 5.32 Å². The van der Waals surface area contributed by atoms with E-state index in [4.69, 9.17) is 11.6 Å². The first-order chi connectivity index (χ1) is 6.24. The monoisotopic (exact) mass is 195 g/mol. The SMILES string of the molecule is C=CCNCc1ccc(C)cc1Cl. The normalized spacial score (nSPS) is 10.0. The molecule has 0 aliphatic rings. The third-order valence-electron chi connectivity index (χ3n) is 1.81. The van der Waals surface area contributed by atoms with Crippen LogP contribution >= 0.6 is 11.6 Å². The van der Waals surface area contributed by atoms with Crippen molar-refractivity contribution >= 4 is 11.6 Å². The van der Waals surface area contributed by atoms with Crippen molar-refractivity contribution in [2.75, 3.05) is 6.54 Å². The molecule has 0 heterocycles. The Balaban J connectivity index is 2.61. The Hall–Kier alpha value is -0.790. The maximum atomic E-state index is 6.04. The molecule has 1 aromatic carbocycles. The van der Waals surface area contributed by atoms with Gasteiger partial charge in [-0.25, -0.2) is 0 Å². The maximum Gasteiger partial charge on any atom is 0.0453 e. The van der Waals surface area contributed by atoms with Crippen molar-refractivity contribution in [3.63, 3.8) is 0 Å². The molecule has 0 unspecified atom stereocenters. The van der Waals surface area contributed by atoms with Crippen molar-refractivity contribution in [2.24, 2.45) is 0 Å². The molecule has 0 aliphatic heterocycles. The molecule has 1 rings (SSSR count). The zero-order chi connectivity index (χ0) is 9.68. The molecule has 1 aromatic rings. The van der Waals surface area contributed by atoms with Crippen molar-refractivity contribution in [1.29, 1.82) is 0 Å². The summed E-state index contributed by atoms with van der Waals surface area (Å²) in [4.78, 5) is 0. The van der Waals surface area contributed by atoms with Crippen LogP contribution in [0.5, 0.6) is 0 Å². The molecule has 13 heavy (non-hydrogen) atoms. The predicted octanol–water partition coefficient (Wildman–Crippen LogP) is 2.92. The summed E-state index contributed by atoms with van der Waals surface area (Å²) in [6, 6.07) is 6.09. The summed E-state index contributed by atoms with van der Waals surface area (Å²) in [7, 11) is 0. The second-order valence-corrected chi connectivity index (χ2v) is 3.42. The molecule has 0 spiro atoms. The van der Waals surface area contributed by atoms with E-state index in [2.05, 4.69) is 18.0 Å². The molecule has 0 bridgehead atoms. The molecule has 0 atom stereocenters. The van der Waals surface area contributed by atoms with Gasteiger partial charge in [-0.05, 0) is 24.1 Å². The lowest BCUT2D eigenvalue weighted by molar-refractivity contribution is 0.760. The van der Waals surface area contributed by atoms with Gasteiger partial charge >= 0.3 is 0 Å². The molecule has 0 fully saturated rings. The minimum Gasteiger partial charge on any atom is -0.309 e. The van der Waals surface area contributed by atoms with E-state index in [1.54, 1.807) is 0 Å². The number of nitrogens with one attached hydrogen (secondary N) is 1. The standard InChI is InChI=1S/C11H14ClN/c1-3-6-13-8-10-5-4-9(2)7-11(10)12/h3-5,7,13H,1,6,8H2,2H3. The highest BCUT2D eigenvalue weighted by Gasteiger charge is 1.98. The summed E-state index contributed by atoms with van der Waals surface area (Å²) in [6.45, 7) is 7.27. The third kappa shape index (κ3) is 3.21. The van der Waals surface area contributed by atoms with Gasteiger partial charge in [-0.1, -0.05) is 29.8 Å². The van der Waals surface area contributed by atoms with Crippen molar-refractivity contribution in [3.8, 4) is 0 Å². The fraction of sp³-hybridized carbons (Fsp3) is 0.273. The predicted molar refractivity (Wildman–Crippen MR) is 58.1 cm³/mol.